The molecule has 0 amide bonds. The molecule has 0 aliphatic rings. The number of fused-ring (bicyclic) bond motifs is 3. The second-order valence-electron chi connectivity index (χ2n) is 4.15. The Kier molecular flexibility index (Phi) is 2.60. The third kappa shape index (κ3) is 1.68. The molecule has 0 radical (unpaired) electrons. The van der Waals surface area contributed by atoms with Gasteiger partial charge < -0.3 is 4.74 Å². The van der Waals surface area contributed by atoms with Crippen LogP contribution in [0.2, 0.25) is 0 Å². The average Bonchev–Trinajstić information content (AvgIpc) is 2.83. The molecule has 3 rings (SSSR count). The van der Waals surface area contributed by atoms with E-state index in [1.54, 1.807) is 28.8 Å². The number of carbonyl (C=O) groups excluding carboxylic acids is 1. The van der Waals surface area contributed by atoms with Gasteiger partial charge in [0.1, 0.15) is 5.65 Å². The lowest BCUT2D eigenvalue weighted by Gasteiger charge is -2.01. The minimum atomic E-state index is -0.624. The van der Waals surface area contributed by atoms with Gasteiger partial charge >= 0.3 is 5.97 Å². The number of nitro benzene ring substituents is 1. The van der Waals surface area contributed by atoms with E-state index in [9.17, 15) is 14.9 Å². The van der Waals surface area contributed by atoms with E-state index >= 15 is 0 Å². The number of hydrogen-bond acceptors (Lipinski definition) is 5. The Bertz CT molecular complexity index is 853. The van der Waals surface area contributed by atoms with Crippen molar-refractivity contribution < 1.29 is 14.5 Å². The molecule has 2 aromatic heterocycles. The zero-order valence-electron chi connectivity index (χ0n) is 10.4. The van der Waals surface area contributed by atoms with E-state index in [1.807, 2.05) is 0 Å². The van der Waals surface area contributed by atoms with Gasteiger partial charge in [0.05, 0.1) is 23.1 Å². The van der Waals surface area contributed by atoms with Gasteiger partial charge in [-0.1, -0.05) is 6.07 Å². The monoisotopic (exact) mass is 271 g/mol. The number of carbonyl (C=O) groups is 1. The van der Waals surface area contributed by atoms with E-state index in [2.05, 4.69) is 9.72 Å². The molecule has 0 unspecified atom stereocenters. The summed E-state index contributed by atoms with van der Waals surface area (Å²) in [5.41, 5.74) is 1.22. The number of nitro groups is 1. The first-order valence-corrected chi connectivity index (χ1v) is 5.75. The van der Waals surface area contributed by atoms with Crippen molar-refractivity contribution in [3.8, 4) is 0 Å². The number of methoxy groups -OCH3 is 1. The van der Waals surface area contributed by atoms with Gasteiger partial charge in [0.15, 0.2) is 5.52 Å². The Morgan fingerprint density at radius 2 is 2.20 bits per heavy atom. The summed E-state index contributed by atoms with van der Waals surface area (Å²) in [6, 6.07) is 8.02. The number of esters is 1. The fourth-order valence-electron chi connectivity index (χ4n) is 2.12. The van der Waals surface area contributed by atoms with Crippen molar-refractivity contribution in [1.82, 2.24) is 9.38 Å². The number of nitrogens with zero attached hydrogens (tertiary/aromatic N) is 3. The molecule has 7 heteroatoms. The predicted molar refractivity (Wildman–Crippen MR) is 70.7 cm³/mol. The smallest absolute Gasteiger partial charge is 0.338 e. The second-order valence-corrected chi connectivity index (χ2v) is 4.15. The topological polar surface area (TPSA) is 86.7 Å². The van der Waals surface area contributed by atoms with Gasteiger partial charge in [-0.25, -0.2) is 9.78 Å². The van der Waals surface area contributed by atoms with Crippen molar-refractivity contribution in [3.05, 3.63) is 52.2 Å². The molecule has 0 saturated heterocycles. The third-order valence-corrected chi connectivity index (χ3v) is 3.01. The Hall–Kier alpha value is -2.96. The maximum atomic E-state index is 11.6. The number of benzene rings is 1. The number of ether oxygens (including phenoxy) is 1. The van der Waals surface area contributed by atoms with Crippen LogP contribution in [0.5, 0.6) is 0 Å². The van der Waals surface area contributed by atoms with Crippen molar-refractivity contribution in [2.75, 3.05) is 7.11 Å². The van der Waals surface area contributed by atoms with Gasteiger partial charge in [-0.15, -0.1) is 0 Å². The maximum Gasteiger partial charge on any atom is 0.338 e. The van der Waals surface area contributed by atoms with E-state index < -0.39 is 10.9 Å². The zero-order chi connectivity index (χ0) is 14.3. The molecule has 0 fully saturated rings. The first kappa shape index (κ1) is 12.1. The lowest BCUT2D eigenvalue weighted by atomic mass is 10.1. The number of pyridine rings is 1. The van der Waals surface area contributed by atoms with Crippen LogP contribution in [0.1, 0.15) is 10.4 Å². The minimum Gasteiger partial charge on any atom is -0.465 e. The fraction of sp³-hybridized carbons (Fsp3) is 0.0769. The highest BCUT2D eigenvalue weighted by molar-refractivity contribution is 5.98. The molecule has 7 nitrogen and oxygen atoms in total. The molecule has 20 heavy (non-hydrogen) atoms. The zero-order valence-corrected chi connectivity index (χ0v) is 10.4. The van der Waals surface area contributed by atoms with Crippen LogP contribution >= 0.6 is 0 Å². The van der Waals surface area contributed by atoms with Gasteiger partial charge in [-0.2, -0.15) is 0 Å². The predicted octanol–water partition coefficient (Wildman–Crippen LogP) is 2.18. The summed E-state index contributed by atoms with van der Waals surface area (Å²) in [6.07, 6.45) is 1.73. The lowest BCUT2D eigenvalue weighted by molar-refractivity contribution is -0.383. The molecule has 1 aromatic carbocycles. The van der Waals surface area contributed by atoms with Gasteiger partial charge in [-0.3, -0.25) is 14.5 Å². The van der Waals surface area contributed by atoms with Crippen LogP contribution < -0.4 is 0 Å². The van der Waals surface area contributed by atoms with Crippen LogP contribution in [0, 0.1) is 10.1 Å². The van der Waals surface area contributed by atoms with Crippen molar-refractivity contribution in [2.45, 2.75) is 0 Å². The van der Waals surface area contributed by atoms with Crippen LogP contribution in [0.3, 0.4) is 0 Å². The lowest BCUT2D eigenvalue weighted by Crippen LogP contribution is -2.02. The van der Waals surface area contributed by atoms with E-state index in [4.69, 9.17) is 0 Å². The number of hydrogen-bond donors (Lipinski definition) is 0. The normalized spacial score (nSPS) is 10.8. The second kappa shape index (κ2) is 4.30. The average molecular weight is 271 g/mol. The molecule has 0 N–H and O–H groups in total. The van der Waals surface area contributed by atoms with Crippen molar-refractivity contribution in [3.63, 3.8) is 0 Å². The first-order valence-electron chi connectivity index (χ1n) is 5.75. The van der Waals surface area contributed by atoms with E-state index in [-0.39, 0.29) is 16.8 Å². The highest BCUT2D eigenvalue weighted by Crippen LogP contribution is 2.28. The summed E-state index contributed by atoms with van der Waals surface area (Å²) >= 11 is 0. The minimum absolute atomic E-state index is 0.123. The molecule has 3 aromatic rings. The largest absolute Gasteiger partial charge is 0.465 e. The van der Waals surface area contributed by atoms with Gasteiger partial charge in [0, 0.05) is 12.3 Å². The van der Waals surface area contributed by atoms with Crippen LogP contribution in [-0.2, 0) is 4.74 Å². The highest BCUT2D eigenvalue weighted by Gasteiger charge is 2.21. The summed E-state index contributed by atoms with van der Waals surface area (Å²) in [5.74, 6) is -0.624. The van der Waals surface area contributed by atoms with Crippen LogP contribution in [0.25, 0.3) is 16.7 Å². The molecule has 0 aliphatic heterocycles. The first-order chi connectivity index (χ1) is 9.61. The number of non-ortho nitro benzene ring substituents is 1. The van der Waals surface area contributed by atoms with Gasteiger partial charge in [0.2, 0.25) is 0 Å². The summed E-state index contributed by atoms with van der Waals surface area (Å²) in [4.78, 5) is 26.5. The fourth-order valence-corrected chi connectivity index (χ4v) is 2.12. The molecule has 0 saturated carbocycles. The van der Waals surface area contributed by atoms with Crippen LogP contribution in [-0.4, -0.2) is 27.4 Å². The van der Waals surface area contributed by atoms with Gasteiger partial charge in [0.25, 0.3) is 5.69 Å². The Morgan fingerprint density at radius 3 is 2.90 bits per heavy atom. The summed E-state index contributed by atoms with van der Waals surface area (Å²) < 4.78 is 6.31. The quantitative estimate of drug-likeness (QED) is 0.405. The molecule has 0 spiro atoms. The summed E-state index contributed by atoms with van der Waals surface area (Å²) in [5, 5.41) is 11.2. The van der Waals surface area contributed by atoms with Crippen LogP contribution in [0.15, 0.2) is 36.5 Å². The van der Waals surface area contributed by atoms with Crippen molar-refractivity contribution in [2.24, 2.45) is 0 Å². The van der Waals surface area contributed by atoms with E-state index in [1.165, 1.54) is 19.2 Å². The number of rotatable bonds is 2. The van der Waals surface area contributed by atoms with Crippen LogP contribution in [0.4, 0.5) is 5.69 Å². The molecule has 0 atom stereocenters. The Labute approximate surface area is 112 Å². The van der Waals surface area contributed by atoms with E-state index in [0.717, 1.165) is 0 Å². The molecule has 100 valence electrons. The SMILES string of the molecule is COC(=O)c1cc([N+](=O)[O-])c2nc3ccccn3c2c1. The maximum absolute atomic E-state index is 11.6. The number of aromatic nitrogens is 2. The molecule has 0 bridgehead atoms. The molecular formula is C13H9N3O4. The highest BCUT2D eigenvalue weighted by atomic mass is 16.6. The Morgan fingerprint density at radius 1 is 1.40 bits per heavy atom. The third-order valence-electron chi connectivity index (χ3n) is 3.01. The summed E-state index contributed by atoms with van der Waals surface area (Å²) in [7, 11) is 1.23. The molecule has 2 heterocycles. The summed E-state index contributed by atoms with van der Waals surface area (Å²) in [6.45, 7) is 0. The van der Waals surface area contributed by atoms with Gasteiger partial charge in [-0.05, 0) is 18.2 Å². The van der Waals surface area contributed by atoms with Crippen molar-refractivity contribution >= 4 is 28.3 Å². The molecular weight excluding hydrogens is 262 g/mol. The van der Waals surface area contributed by atoms with E-state index in [0.29, 0.717) is 11.2 Å². The number of imidazole rings is 1. The van der Waals surface area contributed by atoms with Crippen molar-refractivity contribution in [1.29, 1.82) is 0 Å². The molecule has 0 aliphatic carbocycles. The Balaban J connectivity index is 2.45. The standard InChI is InChI=1S/C13H9N3O4/c1-20-13(17)8-6-9-12(10(7-8)16(18)19)14-11-4-2-3-5-15(9)11/h2-7H,1H3.